The molecule has 1 heterocycles. The molecule has 0 saturated carbocycles. The molecule has 52 valence electrons. The molecule has 1 aromatic rings. The van der Waals surface area contributed by atoms with Crippen molar-refractivity contribution in [3.63, 3.8) is 0 Å². The number of hydrogen-bond acceptors (Lipinski definition) is 1. The van der Waals surface area contributed by atoms with Crippen molar-refractivity contribution in [3.8, 4) is 12.3 Å². The summed E-state index contributed by atoms with van der Waals surface area (Å²) >= 11 is 0. The average Bonchev–Trinajstić information content (AvgIpc) is 2.30. The minimum absolute atomic E-state index is 0.224. The molecule has 1 aromatic heterocycles. The van der Waals surface area contributed by atoms with E-state index < -0.39 is 5.95 Å². The Morgan fingerprint density at radius 3 is 2.90 bits per heavy atom. The molecule has 10 heavy (non-hydrogen) atoms. The van der Waals surface area contributed by atoms with E-state index in [1.54, 1.807) is 6.92 Å². The lowest BCUT2D eigenvalue weighted by Gasteiger charge is -1.92. The summed E-state index contributed by atoms with van der Waals surface area (Å²) in [6, 6.07) is 0. The summed E-state index contributed by atoms with van der Waals surface area (Å²) in [7, 11) is 0. The molecule has 0 aliphatic rings. The second-order valence-corrected chi connectivity index (χ2v) is 1.81. The molecule has 0 amide bonds. The van der Waals surface area contributed by atoms with Crippen LogP contribution in [-0.2, 0) is 6.54 Å². The van der Waals surface area contributed by atoms with Gasteiger partial charge in [-0.15, -0.1) is 6.42 Å². The van der Waals surface area contributed by atoms with E-state index in [-0.39, 0.29) is 5.56 Å². The first kappa shape index (κ1) is 6.81. The first-order valence-corrected chi connectivity index (χ1v) is 2.97. The third kappa shape index (κ3) is 0.883. The molecule has 0 fully saturated rings. The molecule has 0 spiro atoms. The molecule has 0 saturated heterocycles. The number of hydrogen-bond donors (Lipinski definition) is 0. The van der Waals surface area contributed by atoms with Crippen LogP contribution in [0.1, 0.15) is 12.5 Å². The van der Waals surface area contributed by atoms with Crippen molar-refractivity contribution < 1.29 is 4.39 Å². The van der Waals surface area contributed by atoms with E-state index in [0.717, 1.165) is 0 Å². The maximum atomic E-state index is 12.8. The summed E-state index contributed by atoms with van der Waals surface area (Å²) < 4.78 is 14.0. The summed E-state index contributed by atoms with van der Waals surface area (Å²) in [6.45, 7) is 2.31. The van der Waals surface area contributed by atoms with Crippen LogP contribution in [0.4, 0.5) is 4.39 Å². The maximum Gasteiger partial charge on any atom is 0.227 e. The lowest BCUT2D eigenvalue weighted by molar-refractivity contribution is 0.469. The van der Waals surface area contributed by atoms with Gasteiger partial charge in [-0.2, -0.15) is 9.49 Å². The third-order valence-corrected chi connectivity index (χ3v) is 1.23. The highest BCUT2D eigenvalue weighted by Crippen LogP contribution is 2.03. The molecule has 0 N–H and O–H groups in total. The second kappa shape index (κ2) is 2.53. The van der Waals surface area contributed by atoms with Gasteiger partial charge in [0, 0.05) is 6.54 Å². The summed E-state index contributed by atoms with van der Waals surface area (Å²) in [4.78, 5) is 0. The minimum atomic E-state index is -0.426. The number of halogens is 1. The van der Waals surface area contributed by atoms with Crippen LogP contribution in [0.25, 0.3) is 0 Å². The number of aromatic nitrogens is 2. The fourth-order valence-corrected chi connectivity index (χ4v) is 0.688. The molecule has 0 unspecified atom stereocenters. The zero-order valence-electron chi connectivity index (χ0n) is 5.63. The Morgan fingerprint density at radius 1 is 1.90 bits per heavy atom. The van der Waals surface area contributed by atoms with E-state index in [1.807, 2.05) is 0 Å². The van der Waals surface area contributed by atoms with Crippen LogP contribution in [0, 0.1) is 18.3 Å². The van der Waals surface area contributed by atoms with Crippen LogP contribution in [-0.4, -0.2) is 9.78 Å². The Kier molecular flexibility index (Phi) is 1.72. The van der Waals surface area contributed by atoms with Gasteiger partial charge in [-0.3, -0.25) is 0 Å². The molecule has 0 aliphatic heterocycles. The predicted molar refractivity (Wildman–Crippen MR) is 35.8 cm³/mol. The van der Waals surface area contributed by atoms with E-state index in [2.05, 4.69) is 11.0 Å². The standard InChI is InChI=1S/C7H7FN2/c1-3-6-5-9-10(4-2)7(6)8/h1,5H,4H2,2H3. The lowest BCUT2D eigenvalue weighted by Crippen LogP contribution is -1.99. The van der Waals surface area contributed by atoms with Crippen LogP contribution >= 0.6 is 0 Å². The van der Waals surface area contributed by atoms with E-state index in [9.17, 15) is 4.39 Å². The molecule has 2 nitrogen and oxygen atoms in total. The summed E-state index contributed by atoms with van der Waals surface area (Å²) in [5.41, 5.74) is 0.224. The first-order valence-electron chi connectivity index (χ1n) is 2.97. The smallest absolute Gasteiger partial charge is 0.227 e. The SMILES string of the molecule is C#Cc1cnn(CC)c1F. The van der Waals surface area contributed by atoms with Gasteiger partial charge in [0.2, 0.25) is 5.95 Å². The van der Waals surface area contributed by atoms with Crippen molar-refractivity contribution in [1.82, 2.24) is 9.78 Å². The molecule has 0 aromatic carbocycles. The molecule has 1 rings (SSSR count). The van der Waals surface area contributed by atoms with Crippen molar-refractivity contribution in [1.29, 1.82) is 0 Å². The van der Waals surface area contributed by atoms with Crippen LogP contribution in [0.3, 0.4) is 0 Å². The topological polar surface area (TPSA) is 17.8 Å². The Morgan fingerprint density at radius 2 is 2.60 bits per heavy atom. The molecular formula is C7H7FN2. The van der Waals surface area contributed by atoms with Gasteiger partial charge in [-0.25, -0.2) is 4.68 Å². The second-order valence-electron chi connectivity index (χ2n) is 1.81. The molecule has 0 aliphatic carbocycles. The monoisotopic (exact) mass is 138 g/mol. The van der Waals surface area contributed by atoms with Gasteiger partial charge in [-0.05, 0) is 6.92 Å². The Hall–Kier alpha value is -1.30. The Balaban J connectivity index is 3.12. The van der Waals surface area contributed by atoms with Crippen molar-refractivity contribution >= 4 is 0 Å². The maximum absolute atomic E-state index is 12.8. The molecular weight excluding hydrogens is 131 g/mol. The normalized spacial score (nSPS) is 9.30. The quantitative estimate of drug-likeness (QED) is 0.530. The van der Waals surface area contributed by atoms with Crippen molar-refractivity contribution in [3.05, 3.63) is 17.7 Å². The minimum Gasteiger partial charge on any atom is -0.239 e. The van der Waals surface area contributed by atoms with Crippen molar-refractivity contribution in [2.45, 2.75) is 13.5 Å². The fraction of sp³-hybridized carbons (Fsp3) is 0.286. The highest BCUT2D eigenvalue weighted by molar-refractivity contribution is 5.27. The average molecular weight is 138 g/mol. The van der Waals surface area contributed by atoms with Gasteiger partial charge in [-0.1, -0.05) is 5.92 Å². The Bertz CT molecular complexity index is 270. The van der Waals surface area contributed by atoms with Gasteiger partial charge >= 0.3 is 0 Å². The van der Waals surface area contributed by atoms with Gasteiger partial charge in [0.1, 0.15) is 0 Å². The number of aryl methyl sites for hydroxylation is 1. The van der Waals surface area contributed by atoms with Crippen molar-refractivity contribution in [2.24, 2.45) is 0 Å². The summed E-state index contributed by atoms with van der Waals surface area (Å²) in [5, 5.41) is 3.70. The number of nitrogens with zero attached hydrogens (tertiary/aromatic N) is 2. The number of rotatable bonds is 1. The third-order valence-electron chi connectivity index (χ3n) is 1.23. The van der Waals surface area contributed by atoms with Crippen molar-refractivity contribution in [2.75, 3.05) is 0 Å². The van der Waals surface area contributed by atoms with E-state index in [0.29, 0.717) is 6.54 Å². The fourth-order valence-electron chi connectivity index (χ4n) is 0.688. The summed E-state index contributed by atoms with van der Waals surface area (Å²) in [5.74, 6) is 1.77. The lowest BCUT2D eigenvalue weighted by atomic mass is 10.4. The van der Waals surface area contributed by atoms with Gasteiger partial charge < -0.3 is 0 Å². The van der Waals surface area contributed by atoms with Crippen LogP contribution in [0.5, 0.6) is 0 Å². The Labute approximate surface area is 58.7 Å². The van der Waals surface area contributed by atoms with Gasteiger partial charge in [0.25, 0.3) is 0 Å². The highest BCUT2D eigenvalue weighted by Gasteiger charge is 2.04. The van der Waals surface area contributed by atoms with Crippen LogP contribution in [0.15, 0.2) is 6.20 Å². The molecule has 0 atom stereocenters. The zero-order valence-corrected chi connectivity index (χ0v) is 5.63. The summed E-state index contributed by atoms with van der Waals surface area (Å²) in [6.07, 6.45) is 6.32. The van der Waals surface area contributed by atoms with Gasteiger partial charge in [0.15, 0.2) is 0 Å². The van der Waals surface area contributed by atoms with E-state index in [1.165, 1.54) is 10.9 Å². The molecule has 3 heteroatoms. The van der Waals surface area contributed by atoms with Crippen LogP contribution in [0.2, 0.25) is 0 Å². The predicted octanol–water partition coefficient (Wildman–Crippen LogP) is 1.02. The molecule has 0 radical (unpaired) electrons. The highest BCUT2D eigenvalue weighted by atomic mass is 19.1. The largest absolute Gasteiger partial charge is 0.239 e. The van der Waals surface area contributed by atoms with Crippen LogP contribution < -0.4 is 0 Å². The van der Waals surface area contributed by atoms with Gasteiger partial charge in [0.05, 0.1) is 11.8 Å². The molecule has 0 bridgehead atoms. The zero-order chi connectivity index (χ0) is 7.56. The van der Waals surface area contributed by atoms with E-state index >= 15 is 0 Å². The number of terminal acetylenes is 1. The first-order chi connectivity index (χ1) is 4.79. The van der Waals surface area contributed by atoms with E-state index in [4.69, 9.17) is 6.42 Å².